The monoisotopic (exact) mass is 291 g/mol. The van der Waals surface area contributed by atoms with Crippen LogP contribution in [-0.4, -0.2) is 25.3 Å². The standard InChI is InChI=1S/C18H29NO2/c1-3-14-19-17-8-6-5-7-9-18(17)21-16-12-10-15(11-13-16)20-4-2/h10-13,17-19H,3-9,14H2,1-2H3. The maximum absolute atomic E-state index is 6.26. The molecule has 1 aliphatic carbocycles. The highest BCUT2D eigenvalue weighted by Crippen LogP contribution is 2.25. The molecule has 1 saturated carbocycles. The first-order valence-electron chi connectivity index (χ1n) is 8.46. The van der Waals surface area contributed by atoms with E-state index in [2.05, 4.69) is 12.2 Å². The van der Waals surface area contributed by atoms with Gasteiger partial charge in [-0.1, -0.05) is 19.8 Å². The number of benzene rings is 1. The fraction of sp³-hybridized carbons (Fsp3) is 0.667. The molecule has 0 bridgehead atoms. The number of nitrogens with one attached hydrogen (secondary N) is 1. The normalized spacial score (nSPS) is 22.6. The van der Waals surface area contributed by atoms with E-state index < -0.39 is 0 Å². The number of hydrogen-bond donors (Lipinski definition) is 1. The van der Waals surface area contributed by atoms with Crippen LogP contribution in [0.3, 0.4) is 0 Å². The Bertz CT molecular complexity index is 391. The first kappa shape index (κ1) is 16.2. The predicted octanol–water partition coefficient (Wildman–Crippen LogP) is 4.17. The summed E-state index contributed by atoms with van der Waals surface area (Å²) in [5.74, 6) is 1.86. The lowest BCUT2D eigenvalue weighted by molar-refractivity contribution is 0.144. The molecule has 0 saturated heterocycles. The molecule has 2 atom stereocenters. The molecule has 3 nitrogen and oxygen atoms in total. The van der Waals surface area contributed by atoms with Crippen molar-refractivity contribution in [3.63, 3.8) is 0 Å². The minimum absolute atomic E-state index is 0.289. The zero-order valence-electron chi connectivity index (χ0n) is 13.4. The highest BCUT2D eigenvalue weighted by atomic mass is 16.5. The van der Waals surface area contributed by atoms with Gasteiger partial charge in [0.1, 0.15) is 17.6 Å². The van der Waals surface area contributed by atoms with Gasteiger partial charge in [0, 0.05) is 6.04 Å². The van der Waals surface area contributed by atoms with E-state index in [0.717, 1.165) is 24.5 Å². The second-order valence-corrected chi connectivity index (χ2v) is 5.76. The summed E-state index contributed by atoms with van der Waals surface area (Å²) in [6.07, 6.45) is 7.74. The third-order valence-electron chi connectivity index (χ3n) is 4.03. The van der Waals surface area contributed by atoms with Crippen LogP contribution in [0.5, 0.6) is 11.5 Å². The summed E-state index contributed by atoms with van der Waals surface area (Å²) in [5, 5.41) is 3.66. The Morgan fingerprint density at radius 1 is 1.00 bits per heavy atom. The van der Waals surface area contributed by atoms with E-state index in [-0.39, 0.29) is 6.10 Å². The van der Waals surface area contributed by atoms with Gasteiger partial charge in [0.15, 0.2) is 0 Å². The van der Waals surface area contributed by atoms with Crippen molar-refractivity contribution in [1.29, 1.82) is 0 Å². The number of hydrogen-bond acceptors (Lipinski definition) is 3. The Labute approximate surface area is 129 Å². The van der Waals surface area contributed by atoms with Gasteiger partial charge in [0.25, 0.3) is 0 Å². The Kier molecular flexibility index (Phi) is 6.87. The summed E-state index contributed by atoms with van der Waals surface area (Å²) in [7, 11) is 0. The molecule has 1 aliphatic rings. The topological polar surface area (TPSA) is 30.5 Å². The van der Waals surface area contributed by atoms with Crippen LogP contribution >= 0.6 is 0 Å². The fourth-order valence-corrected chi connectivity index (χ4v) is 2.93. The second kappa shape index (κ2) is 8.93. The first-order chi connectivity index (χ1) is 10.3. The molecule has 0 radical (unpaired) electrons. The molecule has 0 amide bonds. The average Bonchev–Trinajstić information content (AvgIpc) is 2.73. The van der Waals surface area contributed by atoms with Crippen LogP contribution in [0.4, 0.5) is 0 Å². The highest BCUT2D eigenvalue weighted by molar-refractivity contribution is 5.31. The largest absolute Gasteiger partial charge is 0.494 e. The zero-order chi connectivity index (χ0) is 14.9. The fourth-order valence-electron chi connectivity index (χ4n) is 2.93. The van der Waals surface area contributed by atoms with Gasteiger partial charge in [-0.25, -0.2) is 0 Å². The van der Waals surface area contributed by atoms with Crippen LogP contribution in [0.1, 0.15) is 52.4 Å². The summed E-state index contributed by atoms with van der Waals surface area (Å²) in [6, 6.07) is 8.51. The SMILES string of the molecule is CCCNC1CCCCCC1Oc1ccc(OCC)cc1. The predicted molar refractivity (Wildman–Crippen MR) is 87.2 cm³/mol. The van der Waals surface area contributed by atoms with Crippen molar-refractivity contribution in [2.45, 2.75) is 64.5 Å². The molecule has 2 rings (SSSR count). The molecule has 0 spiro atoms. The lowest BCUT2D eigenvalue weighted by atomic mass is 10.1. The van der Waals surface area contributed by atoms with Crippen LogP contribution < -0.4 is 14.8 Å². The van der Waals surface area contributed by atoms with Crippen molar-refractivity contribution in [2.75, 3.05) is 13.2 Å². The smallest absolute Gasteiger partial charge is 0.120 e. The molecule has 21 heavy (non-hydrogen) atoms. The van der Waals surface area contributed by atoms with Crippen LogP contribution in [0.25, 0.3) is 0 Å². The van der Waals surface area contributed by atoms with Crippen molar-refractivity contribution < 1.29 is 9.47 Å². The molecule has 118 valence electrons. The quantitative estimate of drug-likeness (QED) is 0.765. The third kappa shape index (κ3) is 5.24. The maximum Gasteiger partial charge on any atom is 0.120 e. The summed E-state index contributed by atoms with van der Waals surface area (Å²) < 4.78 is 11.7. The molecule has 3 heteroatoms. The van der Waals surface area contributed by atoms with Gasteiger partial charge in [-0.05, 0) is 63.4 Å². The molecule has 1 N–H and O–H groups in total. The van der Waals surface area contributed by atoms with Crippen molar-refractivity contribution in [1.82, 2.24) is 5.32 Å². The Morgan fingerprint density at radius 2 is 1.71 bits per heavy atom. The maximum atomic E-state index is 6.26. The van der Waals surface area contributed by atoms with Gasteiger partial charge >= 0.3 is 0 Å². The van der Waals surface area contributed by atoms with E-state index in [9.17, 15) is 0 Å². The van der Waals surface area contributed by atoms with Gasteiger partial charge in [-0.2, -0.15) is 0 Å². The summed E-state index contributed by atoms with van der Waals surface area (Å²) in [6.45, 7) is 5.99. The average molecular weight is 291 g/mol. The molecule has 2 unspecified atom stereocenters. The van der Waals surface area contributed by atoms with Crippen LogP contribution in [-0.2, 0) is 0 Å². The zero-order valence-corrected chi connectivity index (χ0v) is 13.4. The molecule has 1 fully saturated rings. The van der Waals surface area contributed by atoms with E-state index in [0.29, 0.717) is 12.6 Å². The number of ether oxygens (including phenoxy) is 2. The summed E-state index contributed by atoms with van der Waals surface area (Å²) in [4.78, 5) is 0. The summed E-state index contributed by atoms with van der Waals surface area (Å²) in [5.41, 5.74) is 0. The molecule has 1 aromatic carbocycles. The highest BCUT2D eigenvalue weighted by Gasteiger charge is 2.24. The first-order valence-corrected chi connectivity index (χ1v) is 8.46. The van der Waals surface area contributed by atoms with Gasteiger partial charge < -0.3 is 14.8 Å². The molecular weight excluding hydrogens is 262 g/mol. The Balaban J connectivity index is 1.96. The Hall–Kier alpha value is -1.22. The van der Waals surface area contributed by atoms with Crippen LogP contribution in [0.2, 0.25) is 0 Å². The molecule has 0 aliphatic heterocycles. The van der Waals surface area contributed by atoms with E-state index in [1.807, 2.05) is 31.2 Å². The number of rotatable bonds is 7. The van der Waals surface area contributed by atoms with Crippen molar-refractivity contribution >= 4 is 0 Å². The van der Waals surface area contributed by atoms with E-state index in [4.69, 9.17) is 9.47 Å². The van der Waals surface area contributed by atoms with Gasteiger partial charge in [-0.3, -0.25) is 0 Å². The van der Waals surface area contributed by atoms with Crippen LogP contribution in [0.15, 0.2) is 24.3 Å². The lowest BCUT2D eigenvalue weighted by Gasteiger charge is -2.27. The van der Waals surface area contributed by atoms with Gasteiger partial charge in [-0.15, -0.1) is 0 Å². The Morgan fingerprint density at radius 3 is 2.43 bits per heavy atom. The van der Waals surface area contributed by atoms with Crippen LogP contribution in [0, 0.1) is 0 Å². The van der Waals surface area contributed by atoms with E-state index in [1.54, 1.807) is 0 Å². The minimum Gasteiger partial charge on any atom is -0.494 e. The molecule has 0 heterocycles. The minimum atomic E-state index is 0.289. The van der Waals surface area contributed by atoms with E-state index in [1.165, 1.54) is 32.1 Å². The van der Waals surface area contributed by atoms with Gasteiger partial charge in [0.05, 0.1) is 6.61 Å². The molecular formula is C18H29NO2. The van der Waals surface area contributed by atoms with Crippen molar-refractivity contribution in [3.05, 3.63) is 24.3 Å². The third-order valence-corrected chi connectivity index (χ3v) is 4.03. The van der Waals surface area contributed by atoms with Gasteiger partial charge in [0.2, 0.25) is 0 Å². The lowest BCUT2D eigenvalue weighted by Crippen LogP contribution is -2.42. The summed E-state index contributed by atoms with van der Waals surface area (Å²) >= 11 is 0. The second-order valence-electron chi connectivity index (χ2n) is 5.76. The molecule has 1 aromatic rings. The van der Waals surface area contributed by atoms with Crippen molar-refractivity contribution in [2.24, 2.45) is 0 Å². The van der Waals surface area contributed by atoms with E-state index >= 15 is 0 Å². The molecule has 0 aromatic heterocycles. The van der Waals surface area contributed by atoms with Crippen molar-refractivity contribution in [3.8, 4) is 11.5 Å².